The van der Waals surface area contributed by atoms with Gasteiger partial charge in [0.15, 0.2) is 0 Å². The smallest absolute Gasteiger partial charge is 0.0377 e. The zero-order chi connectivity index (χ0) is 8.97. The molecule has 66 valence electrons. The molecular weight excluding hydrogens is 214 g/mol. The Labute approximate surface area is 82.4 Å². The lowest BCUT2D eigenvalue weighted by atomic mass is 10.1. The van der Waals surface area contributed by atoms with Crippen molar-refractivity contribution < 1.29 is 0 Å². The van der Waals surface area contributed by atoms with Gasteiger partial charge < -0.3 is 5.32 Å². The molecule has 2 heteroatoms. The second-order valence-corrected chi connectivity index (χ2v) is 3.84. The molecule has 0 amide bonds. The number of nitrogens with one attached hydrogen (secondary N) is 1. The molecule has 1 N–H and O–H groups in total. The lowest BCUT2D eigenvalue weighted by Gasteiger charge is -2.08. The Hall–Kier alpha value is -0.500. The first-order valence-electron chi connectivity index (χ1n) is 4.20. The number of hydrogen-bond acceptors (Lipinski definition) is 1. The summed E-state index contributed by atoms with van der Waals surface area (Å²) in [6, 6.07) is 0. The van der Waals surface area contributed by atoms with Crippen molar-refractivity contribution in [3.05, 3.63) is 35.0 Å². The highest BCUT2D eigenvalue weighted by Gasteiger charge is 2.09. The van der Waals surface area contributed by atoms with Crippen molar-refractivity contribution >= 4 is 15.9 Å². The molecular formula is C10H14BrN. The van der Waals surface area contributed by atoms with Crippen LogP contribution in [0.4, 0.5) is 0 Å². The third kappa shape index (κ3) is 2.24. The predicted octanol–water partition coefficient (Wildman–Crippen LogP) is 3.11. The van der Waals surface area contributed by atoms with E-state index >= 15 is 0 Å². The van der Waals surface area contributed by atoms with Gasteiger partial charge in [-0.2, -0.15) is 0 Å². The van der Waals surface area contributed by atoms with Gasteiger partial charge in [0.25, 0.3) is 0 Å². The lowest BCUT2D eigenvalue weighted by molar-refractivity contribution is 0.720. The third-order valence-corrected chi connectivity index (χ3v) is 2.50. The van der Waals surface area contributed by atoms with Crippen molar-refractivity contribution in [3.8, 4) is 0 Å². The molecule has 0 aromatic heterocycles. The maximum atomic E-state index is 3.89. The minimum absolute atomic E-state index is 0.979. The summed E-state index contributed by atoms with van der Waals surface area (Å²) in [5, 5.41) is 3.33. The summed E-state index contributed by atoms with van der Waals surface area (Å²) in [7, 11) is 0. The molecule has 0 spiro atoms. The SMILES string of the molecule is C=CC1=C(C(=C)Br)CCCCN1. The van der Waals surface area contributed by atoms with E-state index in [0.29, 0.717) is 0 Å². The average molecular weight is 228 g/mol. The fourth-order valence-corrected chi connectivity index (χ4v) is 1.78. The summed E-state index contributed by atoms with van der Waals surface area (Å²) in [6.45, 7) is 8.71. The second kappa shape index (κ2) is 4.51. The van der Waals surface area contributed by atoms with E-state index in [0.717, 1.165) is 23.1 Å². The number of rotatable bonds is 2. The highest BCUT2D eigenvalue weighted by atomic mass is 79.9. The van der Waals surface area contributed by atoms with Gasteiger partial charge in [0, 0.05) is 16.7 Å². The van der Waals surface area contributed by atoms with Gasteiger partial charge in [-0.25, -0.2) is 0 Å². The summed E-state index contributed by atoms with van der Waals surface area (Å²) < 4.78 is 0.979. The molecule has 0 saturated carbocycles. The first-order chi connectivity index (χ1) is 5.75. The number of halogens is 1. The Morgan fingerprint density at radius 2 is 2.25 bits per heavy atom. The van der Waals surface area contributed by atoms with Gasteiger partial charge in [0.1, 0.15) is 0 Å². The van der Waals surface area contributed by atoms with E-state index in [1.807, 2.05) is 6.08 Å². The maximum Gasteiger partial charge on any atom is 0.0377 e. The molecule has 0 unspecified atom stereocenters. The van der Waals surface area contributed by atoms with Crippen LogP contribution in [0.2, 0.25) is 0 Å². The number of hydrogen-bond donors (Lipinski definition) is 1. The maximum absolute atomic E-state index is 3.89. The largest absolute Gasteiger partial charge is 0.385 e. The van der Waals surface area contributed by atoms with E-state index in [9.17, 15) is 0 Å². The topological polar surface area (TPSA) is 12.0 Å². The zero-order valence-electron chi connectivity index (χ0n) is 7.20. The predicted molar refractivity (Wildman–Crippen MR) is 57.1 cm³/mol. The Morgan fingerprint density at radius 3 is 2.83 bits per heavy atom. The molecule has 0 bridgehead atoms. The van der Waals surface area contributed by atoms with Crippen molar-refractivity contribution in [1.29, 1.82) is 0 Å². The van der Waals surface area contributed by atoms with E-state index < -0.39 is 0 Å². The molecule has 12 heavy (non-hydrogen) atoms. The molecule has 1 aliphatic heterocycles. The summed E-state index contributed by atoms with van der Waals surface area (Å²) in [5.41, 5.74) is 2.40. The number of allylic oxidation sites excluding steroid dienone is 3. The highest BCUT2D eigenvalue weighted by molar-refractivity contribution is 9.11. The summed E-state index contributed by atoms with van der Waals surface area (Å²) in [4.78, 5) is 0. The Kier molecular flexibility index (Phi) is 3.60. The van der Waals surface area contributed by atoms with E-state index in [1.54, 1.807) is 0 Å². The fourth-order valence-electron chi connectivity index (χ4n) is 1.37. The monoisotopic (exact) mass is 227 g/mol. The van der Waals surface area contributed by atoms with Gasteiger partial charge >= 0.3 is 0 Å². The van der Waals surface area contributed by atoms with Crippen LogP contribution < -0.4 is 5.32 Å². The molecule has 0 aliphatic carbocycles. The molecule has 1 heterocycles. The van der Waals surface area contributed by atoms with E-state index in [1.165, 1.54) is 18.4 Å². The molecule has 0 aromatic rings. The van der Waals surface area contributed by atoms with Crippen LogP contribution in [-0.2, 0) is 0 Å². The molecule has 1 rings (SSSR count). The third-order valence-electron chi connectivity index (χ3n) is 2.03. The van der Waals surface area contributed by atoms with Crippen molar-refractivity contribution in [2.45, 2.75) is 19.3 Å². The van der Waals surface area contributed by atoms with Crippen molar-refractivity contribution in [3.63, 3.8) is 0 Å². The van der Waals surface area contributed by atoms with Crippen molar-refractivity contribution in [1.82, 2.24) is 5.32 Å². The van der Waals surface area contributed by atoms with E-state index in [4.69, 9.17) is 0 Å². The van der Waals surface area contributed by atoms with Crippen LogP contribution in [0.3, 0.4) is 0 Å². The molecule has 1 aliphatic rings. The molecule has 0 aromatic carbocycles. The van der Waals surface area contributed by atoms with Crippen LogP contribution in [0.25, 0.3) is 0 Å². The Bertz CT molecular complexity index is 228. The fraction of sp³-hybridized carbons (Fsp3) is 0.400. The molecule has 0 atom stereocenters. The minimum Gasteiger partial charge on any atom is -0.385 e. The van der Waals surface area contributed by atoms with Crippen molar-refractivity contribution in [2.24, 2.45) is 0 Å². The van der Waals surface area contributed by atoms with E-state index in [-0.39, 0.29) is 0 Å². The van der Waals surface area contributed by atoms with Gasteiger partial charge in [-0.05, 0) is 30.9 Å². The summed E-state index contributed by atoms with van der Waals surface area (Å²) in [5.74, 6) is 0. The molecule has 0 saturated heterocycles. The first-order valence-corrected chi connectivity index (χ1v) is 4.99. The standard InChI is InChI=1S/C10H14BrN/c1-3-10-9(8(2)11)6-4-5-7-12-10/h3,12H,1-2,4-7H2. The van der Waals surface area contributed by atoms with E-state index in [2.05, 4.69) is 34.4 Å². The first kappa shape index (κ1) is 9.59. The molecule has 0 fully saturated rings. The van der Waals surface area contributed by atoms with Gasteiger partial charge in [0.05, 0.1) is 0 Å². The highest BCUT2D eigenvalue weighted by Crippen LogP contribution is 2.25. The van der Waals surface area contributed by atoms with Crippen LogP contribution >= 0.6 is 15.9 Å². The summed E-state index contributed by atoms with van der Waals surface area (Å²) in [6.07, 6.45) is 5.41. The minimum atomic E-state index is 0.979. The van der Waals surface area contributed by atoms with Crippen LogP contribution in [0.1, 0.15) is 19.3 Å². The molecule has 1 nitrogen and oxygen atoms in total. The Morgan fingerprint density at radius 1 is 1.50 bits per heavy atom. The quantitative estimate of drug-likeness (QED) is 0.765. The lowest BCUT2D eigenvalue weighted by Crippen LogP contribution is -2.12. The van der Waals surface area contributed by atoms with Gasteiger partial charge in [0.2, 0.25) is 0 Å². The van der Waals surface area contributed by atoms with Gasteiger partial charge in [-0.15, -0.1) is 0 Å². The van der Waals surface area contributed by atoms with Crippen LogP contribution in [0.5, 0.6) is 0 Å². The van der Waals surface area contributed by atoms with Gasteiger partial charge in [-0.3, -0.25) is 0 Å². The normalized spacial score (nSPS) is 18.1. The Balaban J connectivity index is 2.89. The summed E-state index contributed by atoms with van der Waals surface area (Å²) >= 11 is 3.41. The van der Waals surface area contributed by atoms with Gasteiger partial charge in [-0.1, -0.05) is 29.1 Å². The van der Waals surface area contributed by atoms with Crippen LogP contribution in [0.15, 0.2) is 35.0 Å². The molecule has 0 radical (unpaired) electrons. The van der Waals surface area contributed by atoms with Crippen molar-refractivity contribution in [2.75, 3.05) is 6.54 Å². The zero-order valence-corrected chi connectivity index (χ0v) is 8.78. The average Bonchev–Trinajstić information content (AvgIpc) is 2.27. The second-order valence-electron chi connectivity index (χ2n) is 2.89. The van der Waals surface area contributed by atoms with Crippen LogP contribution in [-0.4, -0.2) is 6.54 Å². The van der Waals surface area contributed by atoms with Crippen LogP contribution in [0, 0.1) is 0 Å².